The first kappa shape index (κ1) is 16.3. The molecule has 7 heteroatoms. The molecule has 1 aliphatic heterocycles. The van der Waals surface area contributed by atoms with Crippen LogP contribution in [0.25, 0.3) is 0 Å². The molecule has 1 aromatic carbocycles. The van der Waals surface area contributed by atoms with E-state index in [1.54, 1.807) is 12.1 Å². The van der Waals surface area contributed by atoms with Crippen LogP contribution in [0.1, 0.15) is 24.0 Å². The second kappa shape index (κ2) is 5.98. The number of benzene rings is 1. The van der Waals surface area contributed by atoms with E-state index in [9.17, 15) is 22.8 Å². The van der Waals surface area contributed by atoms with Gasteiger partial charge in [-0.25, -0.2) is 0 Å². The van der Waals surface area contributed by atoms with Gasteiger partial charge in [0.25, 0.3) is 0 Å². The standard InChI is InChI=1S/C15H17F3N2O2/c1-9-5-6-11(8-10(9)2)19-13(21)12-4-3-7-20(12)14(22)15(16,17)18/h5-6,8,12H,3-4,7H2,1-2H3,(H,19,21). The van der Waals surface area contributed by atoms with E-state index in [0.29, 0.717) is 17.0 Å². The molecule has 1 aromatic rings. The van der Waals surface area contributed by atoms with Gasteiger partial charge in [0.1, 0.15) is 6.04 Å². The van der Waals surface area contributed by atoms with Crippen molar-refractivity contribution in [3.8, 4) is 0 Å². The van der Waals surface area contributed by atoms with E-state index in [1.165, 1.54) is 0 Å². The van der Waals surface area contributed by atoms with Crippen LogP contribution in [0.15, 0.2) is 18.2 Å². The molecule has 1 fully saturated rings. The Hall–Kier alpha value is -2.05. The highest BCUT2D eigenvalue weighted by atomic mass is 19.4. The average Bonchev–Trinajstić information content (AvgIpc) is 2.90. The molecule has 0 radical (unpaired) electrons. The van der Waals surface area contributed by atoms with Crippen molar-refractivity contribution in [1.29, 1.82) is 0 Å². The highest BCUT2D eigenvalue weighted by Gasteiger charge is 2.47. The Bertz CT molecular complexity index is 599. The summed E-state index contributed by atoms with van der Waals surface area (Å²) in [5.41, 5.74) is 2.53. The minimum atomic E-state index is -4.96. The molecule has 1 aliphatic rings. The SMILES string of the molecule is Cc1ccc(NC(=O)C2CCCN2C(=O)C(F)(F)F)cc1C. The van der Waals surface area contributed by atoms with Crippen molar-refractivity contribution in [1.82, 2.24) is 4.90 Å². The third-order valence-corrected chi connectivity index (χ3v) is 3.83. The number of halogens is 3. The topological polar surface area (TPSA) is 49.4 Å². The van der Waals surface area contributed by atoms with E-state index in [0.717, 1.165) is 11.1 Å². The largest absolute Gasteiger partial charge is 0.471 e. The normalized spacial score (nSPS) is 18.4. The Morgan fingerprint density at radius 3 is 2.50 bits per heavy atom. The predicted octanol–water partition coefficient (Wildman–Crippen LogP) is 2.80. The summed E-state index contributed by atoms with van der Waals surface area (Å²) in [5.74, 6) is -2.54. The number of alkyl halides is 3. The van der Waals surface area contributed by atoms with Crippen LogP contribution in [-0.2, 0) is 9.59 Å². The van der Waals surface area contributed by atoms with Crippen molar-refractivity contribution in [2.75, 3.05) is 11.9 Å². The van der Waals surface area contributed by atoms with Gasteiger partial charge in [-0.15, -0.1) is 0 Å². The van der Waals surface area contributed by atoms with Crippen LogP contribution in [0.5, 0.6) is 0 Å². The van der Waals surface area contributed by atoms with Crippen LogP contribution in [-0.4, -0.2) is 35.5 Å². The van der Waals surface area contributed by atoms with Crippen LogP contribution in [0.3, 0.4) is 0 Å². The van der Waals surface area contributed by atoms with E-state index in [2.05, 4.69) is 5.32 Å². The molecule has 1 N–H and O–H groups in total. The zero-order valence-corrected chi connectivity index (χ0v) is 12.3. The highest BCUT2D eigenvalue weighted by Crippen LogP contribution is 2.26. The van der Waals surface area contributed by atoms with Crippen molar-refractivity contribution >= 4 is 17.5 Å². The summed E-state index contributed by atoms with van der Waals surface area (Å²) < 4.78 is 37.6. The number of anilines is 1. The lowest BCUT2D eigenvalue weighted by Crippen LogP contribution is -2.48. The van der Waals surface area contributed by atoms with Crippen LogP contribution >= 0.6 is 0 Å². The summed E-state index contributed by atoms with van der Waals surface area (Å²) in [7, 11) is 0. The molecule has 2 rings (SSSR count). The van der Waals surface area contributed by atoms with Gasteiger partial charge in [-0.05, 0) is 49.9 Å². The number of likely N-dealkylation sites (tertiary alicyclic amines) is 1. The minimum absolute atomic E-state index is 0.0522. The van der Waals surface area contributed by atoms with Crippen molar-refractivity contribution in [3.63, 3.8) is 0 Å². The van der Waals surface area contributed by atoms with Crippen LogP contribution in [0, 0.1) is 13.8 Å². The summed E-state index contributed by atoms with van der Waals surface area (Å²) in [4.78, 5) is 24.1. The number of nitrogens with one attached hydrogen (secondary N) is 1. The van der Waals surface area contributed by atoms with Gasteiger partial charge >= 0.3 is 12.1 Å². The van der Waals surface area contributed by atoms with Gasteiger partial charge in [-0.3, -0.25) is 9.59 Å². The molecule has 1 saturated heterocycles. The number of carbonyl (C=O) groups excluding carboxylic acids is 2. The lowest BCUT2D eigenvalue weighted by Gasteiger charge is -2.24. The Balaban J connectivity index is 2.11. The van der Waals surface area contributed by atoms with Gasteiger partial charge in [0.2, 0.25) is 5.91 Å². The lowest BCUT2D eigenvalue weighted by molar-refractivity contribution is -0.186. The molecule has 120 valence electrons. The van der Waals surface area contributed by atoms with Crippen molar-refractivity contribution in [2.45, 2.75) is 38.9 Å². The third kappa shape index (κ3) is 3.40. The van der Waals surface area contributed by atoms with Gasteiger partial charge in [0.05, 0.1) is 0 Å². The first-order valence-corrected chi connectivity index (χ1v) is 6.96. The van der Waals surface area contributed by atoms with Gasteiger partial charge < -0.3 is 10.2 Å². The maximum atomic E-state index is 12.5. The fourth-order valence-electron chi connectivity index (χ4n) is 2.49. The number of nitrogens with zero attached hydrogens (tertiary/aromatic N) is 1. The summed E-state index contributed by atoms with van der Waals surface area (Å²) in [6.07, 6.45) is -4.34. The number of hydrogen-bond donors (Lipinski definition) is 1. The fraction of sp³-hybridized carbons (Fsp3) is 0.467. The molecule has 22 heavy (non-hydrogen) atoms. The Morgan fingerprint density at radius 1 is 1.23 bits per heavy atom. The quantitative estimate of drug-likeness (QED) is 0.912. The average molecular weight is 314 g/mol. The smallest absolute Gasteiger partial charge is 0.324 e. The Labute approximate surface area is 126 Å². The molecule has 4 nitrogen and oxygen atoms in total. The number of amides is 2. The van der Waals surface area contributed by atoms with E-state index < -0.39 is 24.0 Å². The number of aryl methyl sites for hydroxylation is 2. The zero-order valence-electron chi connectivity index (χ0n) is 12.3. The van der Waals surface area contributed by atoms with E-state index in [1.807, 2.05) is 19.9 Å². The maximum absolute atomic E-state index is 12.5. The van der Waals surface area contributed by atoms with Gasteiger partial charge in [0.15, 0.2) is 0 Å². The van der Waals surface area contributed by atoms with Crippen molar-refractivity contribution < 1.29 is 22.8 Å². The summed E-state index contributed by atoms with van der Waals surface area (Å²) >= 11 is 0. The fourth-order valence-corrected chi connectivity index (χ4v) is 2.49. The molecular weight excluding hydrogens is 297 g/mol. The number of carbonyl (C=O) groups is 2. The molecule has 2 amide bonds. The minimum Gasteiger partial charge on any atom is -0.324 e. The molecule has 1 heterocycles. The van der Waals surface area contributed by atoms with Crippen LogP contribution in [0.2, 0.25) is 0 Å². The molecular formula is C15H17F3N2O2. The van der Waals surface area contributed by atoms with Crippen LogP contribution in [0.4, 0.5) is 18.9 Å². The van der Waals surface area contributed by atoms with E-state index >= 15 is 0 Å². The van der Waals surface area contributed by atoms with Crippen LogP contribution < -0.4 is 5.32 Å². The molecule has 0 saturated carbocycles. The second-order valence-corrected chi connectivity index (χ2v) is 5.44. The van der Waals surface area contributed by atoms with Gasteiger partial charge in [-0.2, -0.15) is 13.2 Å². The molecule has 1 unspecified atom stereocenters. The first-order chi connectivity index (χ1) is 10.2. The molecule has 0 spiro atoms. The summed E-state index contributed by atoms with van der Waals surface area (Å²) in [6, 6.07) is 4.18. The first-order valence-electron chi connectivity index (χ1n) is 6.96. The zero-order chi connectivity index (χ0) is 16.5. The maximum Gasteiger partial charge on any atom is 0.471 e. The highest BCUT2D eigenvalue weighted by molar-refractivity contribution is 5.98. The van der Waals surface area contributed by atoms with Crippen molar-refractivity contribution in [2.24, 2.45) is 0 Å². The molecule has 0 bridgehead atoms. The second-order valence-electron chi connectivity index (χ2n) is 5.44. The number of hydrogen-bond acceptors (Lipinski definition) is 2. The third-order valence-electron chi connectivity index (χ3n) is 3.83. The lowest BCUT2D eigenvalue weighted by atomic mass is 10.1. The summed E-state index contributed by atoms with van der Waals surface area (Å²) in [5, 5.41) is 2.59. The molecule has 0 aromatic heterocycles. The van der Waals surface area contributed by atoms with E-state index in [4.69, 9.17) is 0 Å². The van der Waals surface area contributed by atoms with Gasteiger partial charge in [0, 0.05) is 12.2 Å². The predicted molar refractivity (Wildman–Crippen MR) is 75.3 cm³/mol. The molecule has 1 atom stereocenters. The van der Waals surface area contributed by atoms with E-state index in [-0.39, 0.29) is 13.0 Å². The monoisotopic (exact) mass is 314 g/mol. The van der Waals surface area contributed by atoms with Gasteiger partial charge in [-0.1, -0.05) is 6.07 Å². The molecule has 0 aliphatic carbocycles. The Morgan fingerprint density at radius 2 is 1.91 bits per heavy atom. The Kier molecular flexibility index (Phi) is 4.44. The number of rotatable bonds is 2. The summed E-state index contributed by atoms with van der Waals surface area (Å²) in [6.45, 7) is 3.74. The van der Waals surface area contributed by atoms with Crippen molar-refractivity contribution in [3.05, 3.63) is 29.3 Å².